The molecule has 0 saturated heterocycles. The summed E-state index contributed by atoms with van der Waals surface area (Å²) in [6, 6.07) is 21.9. The quantitative estimate of drug-likeness (QED) is 0.249. The van der Waals surface area contributed by atoms with Crippen molar-refractivity contribution in [2.45, 2.75) is 50.7 Å². The normalized spacial score (nSPS) is 14.2. The minimum atomic E-state index is -0.717. The van der Waals surface area contributed by atoms with Gasteiger partial charge in [0.1, 0.15) is 11.8 Å². The number of halogens is 3. The van der Waals surface area contributed by atoms with Crippen LogP contribution in [0.1, 0.15) is 36.8 Å². The van der Waals surface area contributed by atoms with Gasteiger partial charge in [-0.05, 0) is 83.0 Å². The molecule has 1 saturated carbocycles. The van der Waals surface area contributed by atoms with Gasteiger partial charge in [0.25, 0.3) is 5.91 Å². The van der Waals surface area contributed by atoms with E-state index in [1.165, 1.54) is 0 Å². The molecule has 0 unspecified atom stereocenters. The molecule has 3 aromatic carbocycles. The van der Waals surface area contributed by atoms with Gasteiger partial charge in [0.15, 0.2) is 6.61 Å². The average molecular weight is 651 g/mol. The molecule has 1 aliphatic carbocycles. The highest BCUT2D eigenvalue weighted by atomic mass is 127. The van der Waals surface area contributed by atoms with Crippen LogP contribution < -0.4 is 10.1 Å². The number of rotatable bonds is 10. The Labute approximate surface area is 241 Å². The summed E-state index contributed by atoms with van der Waals surface area (Å²) in [6.07, 6.45) is 4.50. The molecule has 3 aromatic rings. The zero-order valence-electron chi connectivity index (χ0n) is 20.3. The zero-order valence-corrected chi connectivity index (χ0v) is 24.0. The van der Waals surface area contributed by atoms with Crippen molar-refractivity contribution >= 4 is 57.6 Å². The van der Waals surface area contributed by atoms with Gasteiger partial charge in [0.2, 0.25) is 5.91 Å². The molecule has 8 heteroatoms. The molecule has 2 amide bonds. The molecule has 0 aromatic heterocycles. The fourth-order valence-corrected chi connectivity index (χ4v) is 5.20. The van der Waals surface area contributed by atoms with Crippen molar-refractivity contribution in [1.82, 2.24) is 10.2 Å². The maximum Gasteiger partial charge on any atom is 0.261 e. The Bertz CT molecular complexity index is 1200. The molecule has 1 atom stereocenters. The predicted molar refractivity (Wildman–Crippen MR) is 156 cm³/mol. The van der Waals surface area contributed by atoms with Gasteiger partial charge in [-0.1, -0.05) is 72.4 Å². The van der Waals surface area contributed by atoms with Crippen molar-refractivity contribution in [1.29, 1.82) is 0 Å². The Morgan fingerprint density at radius 3 is 2.32 bits per heavy atom. The maximum absolute atomic E-state index is 13.7. The number of hydrogen-bond donors (Lipinski definition) is 1. The second kappa shape index (κ2) is 13.5. The lowest BCUT2D eigenvalue weighted by Gasteiger charge is -2.32. The van der Waals surface area contributed by atoms with Gasteiger partial charge in [-0.3, -0.25) is 9.59 Å². The zero-order chi connectivity index (χ0) is 26.2. The molecule has 4 rings (SSSR count). The number of ether oxygens (including phenoxy) is 1. The third-order valence-electron chi connectivity index (χ3n) is 6.49. The monoisotopic (exact) mass is 650 g/mol. The van der Waals surface area contributed by atoms with Crippen molar-refractivity contribution in [2.24, 2.45) is 0 Å². The van der Waals surface area contributed by atoms with E-state index in [2.05, 4.69) is 27.9 Å². The summed E-state index contributed by atoms with van der Waals surface area (Å²) in [7, 11) is 0. The van der Waals surface area contributed by atoms with Crippen molar-refractivity contribution < 1.29 is 14.3 Å². The van der Waals surface area contributed by atoms with Gasteiger partial charge in [-0.2, -0.15) is 0 Å². The van der Waals surface area contributed by atoms with Crippen LogP contribution in [0.15, 0.2) is 72.8 Å². The van der Waals surface area contributed by atoms with Crippen molar-refractivity contribution in [2.75, 3.05) is 6.61 Å². The lowest BCUT2D eigenvalue weighted by molar-refractivity contribution is -0.143. The second-order valence-electron chi connectivity index (χ2n) is 9.21. The lowest BCUT2D eigenvalue weighted by Crippen LogP contribution is -2.53. The summed E-state index contributed by atoms with van der Waals surface area (Å²) in [4.78, 5) is 29.0. The number of carbonyl (C=O) groups excluding carboxylic acids is 2. The van der Waals surface area contributed by atoms with Crippen LogP contribution in [-0.4, -0.2) is 35.4 Å². The third kappa shape index (κ3) is 8.09. The highest BCUT2D eigenvalue weighted by molar-refractivity contribution is 14.1. The first-order valence-electron chi connectivity index (χ1n) is 12.3. The van der Waals surface area contributed by atoms with Crippen molar-refractivity contribution in [3.63, 3.8) is 0 Å². The number of hydrogen-bond acceptors (Lipinski definition) is 3. The SMILES string of the molecule is O=C(NC1CCCC1)[C@H](Cc1ccccc1)N(Cc1ccc(Cl)c(Cl)c1)C(=O)COc1ccc(I)cc1. The smallest absolute Gasteiger partial charge is 0.261 e. The van der Waals surface area contributed by atoms with Gasteiger partial charge in [-0.25, -0.2) is 0 Å². The highest BCUT2D eigenvalue weighted by Gasteiger charge is 2.32. The van der Waals surface area contributed by atoms with Crippen LogP contribution >= 0.6 is 45.8 Å². The van der Waals surface area contributed by atoms with Gasteiger partial charge in [0.05, 0.1) is 10.0 Å². The number of nitrogens with one attached hydrogen (secondary N) is 1. The Balaban J connectivity index is 1.62. The number of benzene rings is 3. The Hall–Kier alpha value is -2.29. The molecule has 0 aliphatic heterocycles. The van der Waals surface area contributed by atoms with Gasteiger partial charge in [-0.15, -0.1) is 0 Å². The first-order chi connectivity index (χ1) is 17.9. The molecular formula is C29H29Cl2IN2O3. The number of amides is 2. The molecule has 0 heterocycles. The first kappa shape index (κ1) is 27.7. The summed E-state index contributed by atoms with van der Waals surface area (Å²) in [5.74, 6) is 0.156. The molecule has 0 radical (unpaired) electrons. The van der Waals surface area contributed by atoms with Crippen LogP contribution in [0.2, 0.25) is 10.0 Å². The highest BCUT2D eigenvalue weighted by Crippen LogP contribution is 2.25. The molecule has 37 heavy (non-hydrogen) atoms. The Morgan fingerprint density at radius 1 is 0.946 bits per heavy atom. The van der Waals surface area contributed by atoms with E-state index >= 15 is 0 Å². The maximum atomic E-state index is 13.7. The summed E-state index contributed by atoms with van der Waals surface area (Å²) >= 11 is 14.6. The van der Waals surface area contributed by atoms with E-state index in [4.69, 9.17) is 27.9 Å². The molecule has 1 aliphatic rings. The number of carbonyl (C=O) groups is 2. The molecule has 194 valence electrons. The molecule has 5 nitrogen and oxygen atoms in total. The molecular weight excluding hydrogens is 622 g/mol. The van der Waals surface area contributed by atoms with Crippen LogP contribution in [0, 0.1) is 3.57 Å². The summed E-state index contributed by atoms with van der Waals surface area (Å²) in [5.41, 5.74) is 1.75. The topological polar surface area (TPSA) is 58.6 Å². The fourth-order valence-electron chi connectivity index (χ4n) is 4.51. The van der Waals surface area contributed by atoms with Crippen LogP contribution in [0.5, 0.6) is 5.75 Å². The summed E-state index contributed by atoms with van der Waals surface area (Å²) < 4.78 is 6.90. The summed E-state index contributed by atoms with van der Waals surface area (Å²) in [6.45, 7) is 0.00523. The molecule has 0 spiro atoms. The van der Waals surface area contributed by atoms with Crippen LogP contribution in [0.3, 0.4) is 0 Å². The Kier molecular flexibility index (Phi) is 10.1. The van der Waals surface area contributed by atoms with Crippen LogP contribution in [0.4, 0.5) is 0 Å². The minimum Gasteiger partial charge on any atom is -0.484 e. The lowest BCUT2D eigenvalue weighted by atomic mass is 10.0. The second-order valence-corrected chi connectivity index (χ2v) is 11.3. The van der Waals surface area contributed by atoms with E-state index in [1.807, 2.05) is 60.7 Å². The fraction of sp³-hybridized carbons (Fsp3) is 0.310. The van der Waals surface area contributed by atoms with E-state index in [1.54, 1.807) is 17.0 Å². The molecule has 0 bridgehead atoms. The van der Waals surface area contributed by atoms with E-state index in [0.29, 0.717) is 22.2 Å². The Morgan fingerprint density at radius 2 is 1.65 bits per heavy atom. The third-order valence-corrected chi connectivity index (χ3v) is 7.94. The average Bonchev–Trinajstić information content (AvgIpc) is 3.41. The van der Waals surface area contributed by atoms with Crippen molar-refractivity contribution in [3.05, 3.63) is 97.5 Å². The van der Waals surface area contributed by atoms with Crippen LogP contribution in [0.25, 0.3) is 0 Å². The molecule has 1 fully saturated rings. The minimum absolute atomic E-state index is 0.135. The first-order valence-corrected chi connectivity index (χ1v) is 14.2. The van der Waals surface area contributed by atoms with E-state index in [9.17, 15) is 9.59 Å². The number of nitrogens with zero attached hydrogens (tertiary/aromatic N) is 1. The van der Waals surface area contributed by atoms with Crippen LogP contribution in [-0.2, 0) is 22.6 Å². The van der Waals surface area contributed by atoms with Gasteiger partial charge in [0, 0.05) is 22.6 Å². The van der Waals surface area contributed by atoms with E-state index in [0.717, 1.165) is 40.4 Å². The molecule has 1 N–H and O–H groups in total. The predicted octanol–water partition coefficient (Wildman–Crippen LogP) is 6.68. The van der Waals surface area contributed by atoms with Gasteiger partial charge < -0.3 is 15.0 Å². The van der Waals surface area contributed by atoms with E-state index < -0.39 is 6.04 Å². The largest absolute Gasteiger partial charge is 0.484 e. The summed E-state index contributed by atoms with van der Waals surface area (Å²) in [5, 5.41) is 4.03. The van der Waals surface area contributed by atoms with Gasteiger partial charge >= 0.3 is 0 Å². The standard InChI is InChI=1S/C29H29Cl2IN2O3/c30-25-15-10-21(16-26(25)31)18-34(28(35)19-37-24-13-11-22(32)12-14-24)27(17-20-6-2-1-3-7-20)29(36)33-23-8-4-5-9-23/h1-3,6-7,10-16,23,27H,4-5,8-9,17-19H2,(H,33,36)/t27-/m0/s1. The van der Waals surface area contributed by atoms with Crippen molar-refractivity contribution in [3.8, 4) is 5.75 Å². The van der Waals surface area contributed by atoms with E-state index in [-0.39, 0.29) is 31.0 Å².